The molecule has 0 amide bonds. The number of hydrogen-bond donors (Lipinski definition) is 1. The molecule has 0 aromatic rings. The van der Waals surface area contributed by atoms with Crippen LogP contribution in [0.3, 0.4) is 0 Å². The Morgan fingerprint density at radius 3 is 2.92 bits per heavy atom. The van der Waals surface area contributed by atoms with Gasteiger partial charge in [0.2, 0.25) is 0 Å². The molecule has 1 aliphatic rings. The van der Waals surface area contributed by atoms with E-state index in [-0.39, 0.29) is 5.83 Å². The fourth-order valence-electron chi connectivity index (χ4n) is 0.900. The van der Waals surface area contributed by atoms with Crippen molar-refractivity contribution < 1.29 is 4.39 Å². The van der Waals surface area contributed by atoms with Crippen molar-refractivity contribution in [2.45, 2.75) is 13.3 Å². The first-order valence-electron chi connectivity index (χ1n) is 3.70. The summed E-state index contributed by atoms with van der Waals surface area (Å²) in [5, 5.41) is 2.95. The second kappa shape index (κ2) is 4.16. The minimum atomic E-state index is -0.204. The summed E-state index contributed by atoms with van der Waals surface area (Å²) in [5.41, 5.74) is 0.853. The van der Waals surface area contributed by atoms with Crippen LogP contribution in [0, 0.1) is 0 Å². The summed E-state index contributed by atoms with van der Waals surface area (Å²) in [4.78, 5) is 0.688. The number of rotatable bonds is 1. The smallest absolute Gasteiger partial charge is 0.119 e. The third-order valence-electron chi connectivity index (χ3n) is 1.39. The van der Waals surface area contributed by atoms with Gasteiger partial charge in [0.1, 0.15) is 5.83 Å². The first-order chi connectivity index (χ1) is 5.68. The second-order valence-electron chi connectivity index (χ2n) is 2.50. The van der Waals surface area contributed by atoms with Crippen LogP contribution in [-0.4, -0.2) is 4.99 Å². The van der Waals surface area contributed by atoms with Gasteiger partial charge in [-0.3, -0.25) is 0 Å². The monoisotopic (exact) mass is 183 g/mol. The lowest BCUT2D eigenvalue weighted by atomic mass is 10.3. The fraction of sp³-hybridized carbons (Fsp3) is 0.222. The molecule has 1 N–H and O–H groups in total. The molecule has 0 spiro atoms. The van der Waals surface area contributed by atoms with E-state index in [1.807, 2.05) is 6.08 Å². The van der Waals surface area contributed by atoms with Gasteiger partial charge in [-0.15, -0.1) is 0 Å². The summed E-state index contributed by atoms with van der Waals surface area (Å²) >= 11 is 4.85. The van der Waals surface area contributed by atoms with Gasteiger partial charge in [0, 0.05) is 5.70 Å². The summed E-state index contributed by atoms with van der Waals surface area (Å²) in [7, 11) is 0. The number of halogens is 1. The normalized spacial score (nSPS) is 16.2. The highest BCUT2D eigenvalue weighted by Gasteiger charge is 1.96. The van der Waals surface area contributed by atoms with E-state index >= 15 is 0 Å². The second-order valence-corrected chi connectivity index (χ2v) is 3.11. The Labute approximate surface area is 76.7 Å². The van der Waals surface area contributed by atoms with E-state index in [1.54, 1.807) is 13.0 Å². The van der Waals surface area contributed by atoms with Gasteiger partial charge in [-0.2, -0.15) is 0 Å². The van der Waals surface area contributed by atoms with Gasteiger partial charge in [-0.05, 0) is 31.6 Å². The standard InChI is InChI=1S/C9H10FNS/c1-7(12)11-9-4-2-3-8(10)5-6-9/h3-6H,2H2,1H3,(H,11,12). The van der Waals surface area contributed by atoms with Crippen LogP contribution in [0.25, 0.3) is 0 Å². The Morgan fingerprint density at radius 2 is 2.25 bits per heavy atom. The summed E-state index contributed by atoms with van der Waals surface area (Å²) in [6, 6.07) is 0. The molecule has 1 aliphatic carbocycles. The maximum Gasteiger partial charge on any atom is 0.119 e. The van der Waals surface area contributed by atoms with Crippen molar-refractivity contribution >= 4 is 17.2 Å². The molecule has 0 aromatic heterocycles. The third kappa shape index (κ3) is 2.96. The summed E-state index contributed by atoms with van der Waals surface area (Å²) < 4.78 is 12.6. The number of hydrogen-bond acceptors (Lipinski definition) is 1. The maximum atomic E-state index is 12.6. The molecule has 0 bridgehead atoms. The zero-order chi connectivity index (χ0) is 8.97. The van der Waals surface area contributed by atoms with Crippen molar-refractivity contribution in [3.05, 3.63) is 35.8 Å². The lowest BCUT2D eigenvalue weighted by Crippen LogP contribution is -2.15. The average Bonchev–Trinajstić information content (AvgIpc) is 2.15. The molecule has 0 radical (unpaired) electrons. The van der Waals surface area contributed by atoms with Crippen LogP contribution < -0.4 is 5.32 Å². The van der Waals surface area contributed by atoms with Crippen molar-refractivity contribution in [2.24, 2.45) is 0 Å². The largest absolute Gasteiger partial charge is 0.351 e. The highest BCUT2D eigenvalue weighted by molar-refractivity contribution is 7.80. The van der Waals surface area contributed by atoms with E-state index in [2.05, 4.69) is 5.32 Å². The SMILES string of the molecule is CC(=S)NC1=CCC=C(F)C=C1. The Hall–Kier alpha value is -0.960. The van der Waals surface area contributed by atoms with Gasteiger partial charge in [-0.25, -0.2) is 4.39 Å². The number of nitrogens with one attached hydrogen (secondary N) is 1. The molecule has 0 aliphatic heterocycles. The molecule has 1 nitrogen and oxygen atoms in total. The van der Waals surface area contributed by atoms with Crippen molar-refractivity contribution in [2.75, 3.05) is 0 Å². The van der Waals surface area contributed by atoms with E-state index in [1.165, 1.54) is 12.2 Å². The van der Waals surface area contributed by atoms with Crippen molar-refractivity contribution in [3.63, 3.8) is 0 Å². The number of allylic oxidation sites excluding steroid dienone is 5. The zero-order valence-electron chi connectivity index (χ0n) is 6.80. The fourth-order valence-corrected chi connectivity index (χ4v) is 1.02. The van der Waals surface area contributed by atoms with Crippen LogP contribution in [-0.2, 0) is 0 Å². The lowest BCUT2D eigenvalue weighted by molar-refractivity contribution is 0.663. The summed E-state index contributed by atoms with van der Waals surface area (Å²) in [6.45, 7) is 1.79. The van der Waals surface area contributed by atoms with Gasteiger partial charge in [0.15, 0.2) is 0 Å². The molecule has 0 atom stereocenters. The van der Waals surface area contributed by atoms with Crippen LogP contribution >= 0.6 is 12.2 Å². The Morgan fingerprint density at radius 1 is 1.50 bits per heavy atom. The number of thiocarbonyl (C=S) groups is 1. The van der Waals surface area contributed by atoms with Crippen molar-refractivity contribution in [3.8, 4) is 0 Å². The van der Waals surface area contributed by atoms with E-state index in [4.69, 9.17) is 12.2 Å². The Balaban J connectivity index is 2.64. The van der Waals surface area contributed by atoms with Gasteiger partial charge >= 0.3 is 0 Å². The van der Waals surface area contributed by atoms with Crippen LogP contribution in [0.2, 0.25) is 0 Å². The van der Waals surface area contributed by atoms with Gasteiger partial charge in [-0.1, -0.05) is 18.3 Å². The van der Waals surface area contributed by atoms with Gasteiger partial charge in [0.25, 0.3) is 0 Å². The average molecular weight is 183 g/mol. The molecule has 0 aromatic carbocycles. The first-order valence-corrected chi connectivity index (χ1v) is 4.11. The zero-order valence-corrected chi connectivity index (χ0v) is 7.62. The van der Waals surface area contributed by atoms with E-state index in [0.29, 0.717) is 11.4 Å². The predicted octanol–water partition coefficient (Wildman–Crippen LogP) is 2.62. The minimum Gasteiger partial charge on any atom is -0.351 e. The molecule has 0 fully saturated rings. The summed E-state index contributed by atoms with van der Waals surface area (Å²) in [6.07, 6.45) is 7.10. The van der Waals surface area contributed by atoms with Crippen LogP contribution in [0.15, 0.2) is 35.8 Å². The third-order valence-corrected chi connectivity index (χ3v) is 1.50. The molecule has 0 saturated carbocycles. The molecular formula is C9H10FNS. The van der Waals surface area contributed by atoms with Gasteiger partial charge in [0.05, 0.1) is 4.99 Å². The van der Waals surface area contributed by atoms with E-state index in [9.17, 15) is 4.39 Å². The summed E-state index contributed by atoms with van der Waals surface area (Å²) in [5.74, 6) is -0.204. The molecule has 1 rings (SSSR count). The predicted molar refractivity (Wildman–Crippen MR) is 52.4 cm³/mol. The van der Waals surface area contributed by atoms with Crippen LogP contribution in [0.5, 0.6) is 0 Å². The Kier molecular flexibility index (Phi) is 3.17. The topological polar surface area (TPSA) is 12.0 Å². The van der Waals surface area contributed by atoms with Crippen LogP contribution in [0.4, 0.5) is 4.39 Å². The van der Waals surface area contributed by atoms with Crippen molar-refractivity contribution in [1.82, 2.24) is 5.32 Å². The molecule has 12 heavy (non-hydrogen) atoms. The quantitative estimate of drug-likeness (QED) is 0.627. The van der Waals surface area contributed by atoms with Gasteiger partial charge < -0.3 is 5.32 Å². The van der Waals surface area contributed by atoms with Crippen LogP contribution in [0.1, 0.15) is 13.3 Å². The lowest BCUT2D eigenvalue weighted by Gasteiger charge is -2.02. The molecule has 0 heterocycles. The minimum absolute atomic E-state index is 0.204. The maximum absolute atomic E-state index is 12.6. The first kappa shape index (κ1) is 9.13. The van der Waals surface area contributed by atoms with Crippen molar-refractivity contribution in [1.29, 1.82) is 0 Å². The highest BCUT2D eigenvalue weighted by Crippen LogP contribution is 2.09. The Bertz CT molecular complexity index is 276. The highest BCUT2D eigenvalue weighted by atomic mass is 32.1. The van der Waals surface area contributed by atoms with E-state index < -0.39 is 0 Å². The molecule has 0 saturated heterocycles. The molecule has 0 unspecified atom stereocenters. The molecule has 3 heteroatoms. The van der Waals surface area contributed by atoms with E-state index in [0.717, 1.165) is 5.70 Å². The molecule has 64 valence electrons. The molecular weight excluding hydrogens is 173 g/mol.